The summed E-state index contributed by atoms with van der Waals surface area (Å²) in [6.07, 6.45) is 3.35. The molecule has 0 atom stereocenters. The average molecular weight is 400 g/mol. The summed E-state index contributed by atoms with van der Waals surface area (Å²) in [6, 6.07) is 17.3. The molecule has 2 aromatic carbocycles. The van der Waals surface area contributed by atoms with Gasteiger partial charge in [0.1, 0.15) is 0 Å². The lowest BCUT2D eigenvalue weighted by atomic mass is 10.1. The molecular weight excluding hydrogens is 386 g/mol. The monoisotopic (exact) mass is 399 g/mol. The van der Waals surface area contributed by atoms with Gasteiger partial charge in [0.15, 0.2) is 12.2 Å². The van der Waals surface area contributed by atoms with Crippen molar-refractivity contribution in [2.45, 2.75) is 6.54 Å². The van der Waals surface area contributed by atoms with Crippen LogP contribution in [-0.4, -0.2) is 15.7 Å². The molecule has 0 saturated carbocycles. The van der Waals surface area contributed by atoms with Gasteiger partial charge in [-0.05, 0) is 4.98 Å². The molecule has 0 amide bonds. The summed E-state index contributed by atoms with van der Waals surface area (Å²) in [4.78, 5) is 26.9. The van der Waals surface area contributed by atoms with Crippen LogP contribution in [0, 0.1) is 10.1 Å². The molecule has 126 valence electrons. The van der Waals surface area contributed by atoms with E-state index in [0.29, 0.717) is 5.56 Å². The first-order chi connectivity index (χ1) is 11.6. The minimum absolute atomic E-state index is 0. The third-order valence-electron chi connectivity index (χ3n) is 3.54. The fourth-order valence-electron chi connectivity index (χ4n) is 2.31. The largest absolute Gasteiger partial charge is 1.00 e. The van der Waals surface area contributed by atoms with Gasteiger partial charge in [0.2, 0.25) is 5.78 Å². The maximum atomic E-state index is 12.3. The van der Waals surface area contributed by atoms with Crippen LogP contribution in [0.15, 0.2) is 73.2 Å². The number of benzene rings is 2. The molecule has 0 bridgehead atoms. The van der Waals surface area contributed by atoms with Crippen molar-refractivity contribution in [3.63, 3.8) is 0 Å². The molecule has 6 nitrogen and oxygen atoms in total. The molecule has 0 unspecified atom stereocenters. The van der Waals surface area contributed by atoms with E-state index >= 15 is 0 Å². The van der Waals surface area contributed by atoms with Crippen molar-refractivity contribution >= 4 is 11.5 Å². The molecule has 0 fully saturated rings. The lowest BCUT2D eigenvalue weighted by molar-refractivity contribution is -0.686. The Morgan fingerprint density at radius 1 is 1.08 bits per heavy atom. The molecule has 25 heavy (non-hydrogen) atoms. The Kier molecular flexibility index (Phi) is 6.08. The Hall–Kier alpha value is -2.93. The standard InChI is InChI=1S/C18H14N3O3.BrH/c22-18(15-7-4-8-16(11-15)21(23)24)12-20-10-9-17(19-13-20)14-5-2-1-3-6-14;/h1-11,13H,12H2;1H/q+1;/p-1. The van der Waals surface area contributed by atoms with Crippen LogP contribution in [0.3, 0.4) is 0 Å². The van der Waals surface area contributed by atoms with Crippen LogP contribution >= 0.6 is 0 Å². The second-order valence-electron chi connectivity index (χ2n) is 5.21. The summed E-state index contributed by atoms with van der Waals surface area (Å²) in [6.45, 7) is 0.0727. The fourth-order valence-corrected chi connectivity index (χ4v) is 2.31. The molecule has 0 spiro atoms. The first kappa shape index (κ1) is 18.4. The minimum Gasteiger partial charge on any atom is -1.00 e. The maximum Gasteiger partial charge on any atom is 0.287 e. The second kappa shape index (κ2) is 8.25. The fraction of sp³-hybridized carbons (Fsp3) is 0.0556. The van der Waals surface area contributed by atoms with Crippen LogP contribution < -0.4 is 21.5 Å². The molecule has 0 aliphatic heterocycles. The number of carbonyl (C=O) groups is 1. The third kappa shape index (κ3) is 4.54. The molecule has 0 saturated heterocycles. The average Bonchev–Trinajstić information content (AvgIpc) is 2.63. The van der Waals surface area contributed by atoms with Crippen molar-refractivity contribution in [2.75, 3.05) is 0 Å². The molecular formula is C18H14BrN3O3. The first-order valence-corrected chi connectivity index (χ1v) is 7.31. The number of ketones is 1. The van der Waals surface area contributed by atoms with E-state index in [-0.39, 0.29) is 35.0 Å². The zero-order chi connectivity index (χ0) is 16.9. The number of hydrogen-bond acceptors (Lipinski definition) is 4. The van der Waals surface area contributed by atoms with E-state index in [1.807, 2.05) is 36.4 Å². The SMILES string of the molecule is O=C(C[n+]1ccc(-c2ccccc2)nc1)c1cccc([N+](=O)[O-])c1.[Br-]. The van der Waals surface area contributed by atoms with Gasteiger partial charge in [0.25, 0.3) is 12.0 Å². The number of nitro benzene ring substituents is 1. The Balaban J connectivity index is 0.00000225. The summed E-state index contributed by atoms with van der Waals surface area (Å²) in [7, 11) is 0. The second-order valence-corrected chi connectivity index (χ2v) is 5.21. The predicted molar refractivity (Wildman–Crippen MR) is 87.3 cm³/mol. The van der Waals surface area contributed by atoms with E-state index in [2.05, 4.69) is 4.98 Å². The van der Waals surface area contributed by atoms with Crippen LogP contribution in [0.5, 0.6) is 0 Å². The van der Waals surface area contributed by atoms with Gasteiger partial charge in [-0.1, -0.05) is 42.5 Å². The Bertz CT molecular complexity index is 884. The summed E-state index contributed by atoms with van der Waals surface area (Å²) in [5, 5.41) is 10.8. The third-order valence-corrected chi connectivity index (χ3v) is 3.54. The minimum atomic E-state index is -0.514. The predicted octanol–water partition coefficient (Wildman–Crippen LogP) is -0.169. The van der Waals surface area contributed by atoms with Gasteiger partial charge in [-0.2, -0.15) is 0 Å². The lowest BCUT2D eigenvalue weighted by Gasteiger charge is -2.01. The van der Waals surface area contributed by atoms with E-state index in [0.717, 1.165) is 11.3 Å². The van der Waals surface area contributed by atoms with Gasteiger partial charge in [0, 0.05) is 29.3 Å². The highest BCUT2D eigenvalue weighted by Gasteiger charge is 2.14. The maximum absolute atomic E-state index is 12.3. The first-order valence-electron chi connectivity index (χ1n) is 7.31. The van der Waals surface area contributed by atoms with E-state index in [1.165, 1.54) is 18.2 Å². The number of hydrogen-bond donors (Lipinski definition) is 0. The van der Waals surface area contributed by atoms with Crippen molar-refractivity contribution in [1.29, 1.82) is 0 Å². The number of Topliss-reactive ketones (excluding diaryl/α,β-unsaturated/α-hetero) is 1. The molecule has 3 rings (SSSR count). The highest BCUT2D eigenvalue weighted by Crippen LogP contribution is 2.15. The van der Waals surface area contributed by atoms with Gasteiger partial charge < -0.3 is 17.0 Å². The molecule has 3 aromatic rings. The Morgan fingerprint density at radius 3 is 2.48 bits per heavy atom. The van der Waals surface area contributed by atoms with E-state index < -0.39 is 4.92 Å². The Labute approximate surface area is 154 Å². The number of non-ortho nitro benzene ring substituents is 1. The zero-order valence-corrected chi connectivity index (χ0v) is 14.7. The van der Waals surface area contributed by atoms with Crippen LogP contribution in [0.4, 0.5) is 5.69 Å². The number of nitro groups is 1. The number of carbonyl (C=O) groups excluding carboxylic acids is 1. The van der Waals surface area contributed by atoms with E-state index in [1.54, 1.807) is 23.2 Å². The number of rotatable bonds is 5. The summed E-state index contributed by atoms with van der Waals surface area (Å²) < 4.78 is 1.65. The van der Waals surface area contributed by atoms with E-state index in [9.17, 15) is 14.9 Å². The van der Waals surface area contributed by atoms with Gasteiger partial charge >= 0.3 is 0 Å². The van der Waals surface area contributed by atoms with Crippen molar-refractivity contribution in [3.8, 4) is 11.3 Å². The zero-order valence-electron chi connectivity index (χ0n) is 13.1. The summed E-state index contributed by atoms with van der Waals surface area (Å²) >= 11 is 0. The van der Waals surface area contributed by atoms with Crippen LogP contribution in [0.25, 0.3) is 11.3 Å². The van der Waals surface area contributed by atoms with Crippen molar-refractivity contribution in [2.24, 2.45) is 0 Å². The molecule has 0 aliphatic rings. The topological polar surface area (TPSA) is 77.0 Å². The highest BCUT2D eigenvalue weighted by molar-refractivity contribution is 5.95. The number of aromatic nitrogens is 2. The molecule has 0 aliphatic carbocycles. The normalized spacial score (nSPS) is 9.92. The molecule has 1 aromatic heterocycles. The molecule has 0 N–H and O–H groups in total. The van der Waals surface area contributed by atoms with Crippen molar-refractivity contribution < 1.29 is 31.3 Å². The quantitative estimate of drug-likeness (QED) is 0.258. The van der Waals surface area contributed by atoms with Gasteiger partial charge in [-0.25, -0.2) is 4.57 Å². The van der Waals surface area contributed by atoms with Gasteiger partial charge in [0.05, 0.1) is 11.1 Å². The van der Waals surface area contributed by atoms with E-state index in [4.69, 9.17) is 0 Å². The van der Waals surface area contributed by atoms with Crippen molar-refractivity contribution in [3.05, 3.63) is 88.9 Å². The van der Waals surface area contributed by atoms with Gasteiger partial charge in [-0.3, -0.25) is 14.9 Å². The van der Waals surface area contributed by atoms with Crippen LogP contribution in [0.1, 0.15) is 10.4 Å². The summed E-state index contributed by atoms with van der Waals surface area (Å²) in [5.74, 6) is -0.210. The highest BCUT2D eigenvalue weighted by atomic mass is 79.9. The number of halogens is 1. The number of nitrogens with zero attached hydrogens (tertiary/aromatic N) is 3. The van der Waals surface area contributed by atoms with Crippen LogP contribution in [0.2, 0.25) is 0 Å². The van der Waals surface area contributed by atoms with Crippen LogP contribution in [-0.2, 0) is 6.54 Å². The summed E-state index contributed by atoms with van der Waals surface area (Å²) in [5.41, 5.74) is 2.02. The Morgan fingerprint density at radius 2 is 1.84 bits per heavy atom. The van der Waals surface area contributed by atoms with Crippen molar-refractivity contribution in [1.82, 2.24) is 4.98 Å². The van der Waals surface area contributed by atoms with Gasteiger partial charge in [-0.15, -0.1) is 0 Å². The molecule has 0 radical (unpaired) electrons. The lowest BCUT2D eigenvalue weighted by Crippen LogP contribution is -3.00. The smallest absolute Gasteiger partial charge is 0.287 e. The molecule has 7 heteroatoms. The molecule has 1 heterocycles.